The largest absolute Gasteiger partial charge is 0.378 e. The Balaban J connectivity index is 3.86. The minimum absolute atomic E-state index is 0.297. The van der Waals surface area contributed by atoms with Crippen LogP contribution in [0.15, 0.2) is 0 Å². The maximum Gasteiger partial charge on any atom is 0.0623 e. The molecule has 0 aromatic heterocycles. The third kappa shape index (κ3) is 4.76. The van der Waals surface area contributed by atoms with Crippen LogP contribution in [0.3, 0.4) is 0 Å². The quantitative estimate of drug-likeness (QED) is 0.615. The summed E-state index contributed by atoms with van der Waals surface area (Å²) < 4.78 is 5.71. The van der Waals surface area contributed by atoms with E-state index in [2.05, 4.69) is 34.6 Å². The van der Waals surface area contributed by atoms with Gasteiger partial charge in [-0.3, -0.25) is 0 Å². The predicted molar refractivity (Wildman–Crippen MR) is 54.4 cm³/mol. The zero-order valence-electron chi connectivity index (χ0n) is 9.31. The fraction of sp³-hybridized carbons (Fsp3) is 1.00. The van der Waals surface area contributed by atoms with Crippen molar-refractivity contribution in [3.63, 3.8) is 0 Å². The Labute approximate surface area is 77.5 Å². The first kappa shape index (κ1) is 12.0. The van der Waals surface area contributed by atoms with Crippen molar-refractivity contribution < 1.29 is 4.74 Å². The summed E-state index contributed by atoms with van der Waals surface area (Å²) in [6.07, 6.45) is 4.18. The van der Waals surface area contributed by atoms with E-state index < -0.39 is 0 Å². The first-order chi connectivity index (χ1) is 5.52. The Morgan fingerprint density at radius 1 is 1.17 bits per heavy atom. The molecule has 1 nitrogen and oxygen atoms in total. The minimum Gasteiger partial charge on any atom is -0.378 e. The highest BCUT2D eigenvalue weighted by atomic mass is 16.5. The maximum absolute atomic E-state index is 5.71. The van der Waals surface area contributed by atoms with Gasteiger partial charge in [-0.25, -0.2) is 0 Å². The van der Waals surface area contributed by atoms with Crippen molar-refractivity contribution in [3.05, 3.63) is 0 Å². The topological polar surface area (TPSA) is 9.23 Å². The van der Waals surface area contributed by atoms with Gasteiger partial charge in [0, 0.05) is 6.61 Å². The molecule has 0 saturated heterocycles. The molecule has 74 valence electrons. The Morgan fingerprint density at radius 3 is 2.08 bits per heavy atom. The Morgan fingerprint density at radius 2 is 1.75 bits per heavy atom. The summed E-state index contributed by atoms with van der Waals surface area (Å²) >= 11 is 0. The first-order valence-electron chi connectivity index (χ1n) is 5.14. The number of hydrogen-bond acceptors (Lipinski definition) is 1. The van der Waals surface area contributed by atoms with Crippen molar-refractivity contribution >= 4 is 0 Å². The fourth-order valence-electron chi connectivity index (χ4n) is 1.36. The van der Waals surface area contributed by atoms with Crippen LogP contribution < -0.4 is 0 Å². The molecule has 1 heteroatoms. The third-order valence-corrected chi connectivity index (χ3v) is 2.15. The van der Waals surface area contributed by atoms with E-state index in [1.165, 1.54) is 19.3 Å². The van der Waals surface area contributed by atoms with Crippen molar-refractivity contribution in [2.75, 3.05) is 6.61 Å². The average Bonchev–Trinajstić information content (AvgIpc) is 1.95. The molecule has 0 aromatic carbocycles. The predicted octanol–water partition coefficient (Wildman–Crippen LogP) is 3.63. The van der Waals surface area contributed by atoms with Gasteiger partial charge >= 0.3 is 0 Å². The normalized spacial score (nSPS) is 14.8. The highest BCUT2D eigenvalue weighted by Crippen LogP contribution is 2.26. The molecule has 0 aliphatic heterocycles. The van der Waals surface area contributed by atoms with Gasteiger partial charge in [-0.2, -0.15) is 0 Å². The van der Waals surface area contributed by atoms with Crippen molar-refractivity contribution in [2.24, 2.45) is 5.41 Å². The van der Waals surface area contributed by atoms with Crippen LogP contribution in [-0.2, 0) is 4.74 Å². The molecular formula is C11H24O. The van der Waals surface area contributed by atoms with Crippen molar-refractivity contribution in [3.8, 4) is 0 Å². The number of hydrogen-bond donors (Lipinski definition) is 0. The van der Waals surface area contributed by atoms with Crippen LogP contribution in [0.5, 0.6) is 0 Å². The van der Waals surface area contributed by atoms with Gasteiger partial charge in [-0.1, -0.05) is 40.5 Å². The Bertz CT molecular complexity index is 102. The summed E-state index contributed by atoms with van der Waals surface area (Å²) in [5, 5.41) is 0. The Hall–Kier alpha value is -0.0400. The minimum atomic E-state index is 0.297. The lowest BCUT2D eigenvalue weighted by atomic mass is 9.86. The molecule has 0 bridgehead atoms. The van der Waals surface area contributed by atoms with Crippen LogP contribution in [0, 0.1) is 5.41 Å². The second-order valence-corrected chi connectivity index (χ2v) is 4.45. The summed E-state index contributed by atoms with van der Waals surface area (Å²) in [5.74, 6) is 0. The molecule has 0 saturated carbocycles. The van der Waals surface area contributed by atoms with Crippen molar-refractivity contribution in [1.82, 2.24) is 0 Å². The van der Waals surface area contributed by atoms with Gasteiger partial charge in [0.1, 0.15) is 0 Å². The molecule has 0 rings (SSSR count). The number of unbranched alkanes of at least 4 members (excludes halogenated alkanes) is 1. The summed E-state index contributed by atoms with van der Waals surface area (Å²) in [4.78, 5) is 0. The molecule has 0 amide bonds. The van der Waals surface area contributed by atoms with E-state index in [1.807, 2.05) is 0 Å². The highest BCUT2D eigenvalue weighted by molar-refractivity contribution is 4.74. The molecule has 1 unspecified atom stereocenters. The van der Waals surface area contributed by atoms with Crippen LogP contribution in [0.1, 0.15) is 53.9 Å². The summed E-state index contributed by atoms with van der Waals surface area (Å²) in [7, 11) is 0. The standard InChI is InChI=1S/C11H24O/c1-6-8-9-10(12-7-2)11(3,4)5/h10H,6-9H2,1-5H3. The average molecular weight is 172 g/mol. The lowest BCUT2D eigenvalue weighted by Crippen LogP contribution is -2.29. The lowest BCUT2D eigenvalue weighted by molar-refractivity contribution is -0.0176. The molecule has 0 aliphatic rings. The lowest BCUT2D eigenvalue weighted by Gasteiger charge is -2.30. The van der Waals surface area contributed by atoms with E-state index in [1.54, 1.807) is 0 Å². The monoisotopic (exact) mass is 172 g/mol. The highest BCUT2D eigenvalue weighted by Gasteiger charge is 2.23. The number of ether oxygens (including phenoxy) is 1. The smallest absolute Gasteiger partial charge is 0.0623 e. The van der Waals surface area contributed by atoms with Gasteiger partial charge in [0.25, 0.3) is 0 Å². The van der Waals surface area contributed by atoms with E-state index in [0.717, 1.165) is 6.61 Å². The van der Waals surface area contributed by atoms with E-state index in [9.17, 15) is 0 Å². The molecule has 0 radical (unpaired) electrons. The van der Waals surface area contributed by atoms with Gasteiger partial charge in [0.05, 0.1) is 6.10 Å². The van der Waals surface area contributed by atoms with Gasteiger partial charge in [0.15, 0.2) is 0 Å². The van der Waals surface area contributed by atoms with Crippen LogP contribution in [0.4, 0.5) is 0 Å². The van der Waals surface area contributed by atoms with Crippen molar-refractivity contribution in [2.45, 2.75) is 60.0 Å². The van der Waals surface area contributed by atoms with Crippen LogP contribution in [0.2, 0.25) is 0 Å². The second kappa shape index (κ2) is 5.58. The number of rotatable bonds is 5. The molecule has 0 aromatic rings. The van der Waals surface area contributed by atoms with E-state index in [0.29, 0.717) is 11.5 Å². The van der Waals surface area contributed by atoms with Gasteiger partial charge in [-0.15, -0.1) is 0 Å². The van der Waals surface area contributed by atoms with E-state index in [-0.39, 0.29) is 0 Å². The van der Waals surface area contributed by atoms with Crippen molar-refractivity contribution in [1.29, 1.82) is 0 Å². The first-order valence-corrected chi connectivity index (χ1v) is 5.14. The summed E-state index contributed by atoms with van der Waals surface area (Å²) in [6.45, 7) is 11.9. The molecule has 0 aliphatic carbocycles. The molecule has 0 heterocycles. The Kier molecular flexibility index (Phi) is 5.56. The maximum atomic E-state index is 5.71. The van der Waals surface area contributed by atoms with Gasteiger partial charge in [-0.05, 0) is 18.8 Å². The van der Waals surface area contributed by atoms with Gasteiger partial charge in [0.2, 0.25) is 0 Å². The SMILES string of the molecule is CCCCC(OCC)C(C)(C)C. The summed E-state index contributed by atoms with van der Waals surface area (Å²) in [5.41, 5.74) is 0.297. The van der Waals surface area contributed by atoms with Crippen LogP contribution in [-0.4, -0.2) is 12.7 Å². The zero-order valence-corrected chi connectivity index (χ0v) is 9.31. The van der Waals surface area contributed by atoms with Crippen LogP contribution >= 0.6 is 0 Å². The van der Waals surface area contributed by atoms with E-state index in [4.69, 9.17) is 4.74 Å². The van der Waals surface area contributed by atoms with Gasteiger partial charge < -0.3 is 4.74 Å². The molecular weight excluding hydrogens is 148 g/mol. The molecule has 0 fully saturated rings. The summed E-state index contributed by atoms with van der Waals surface area (Å²) in [6, 6.07) is 0. The van der Waals surface area contributed by atoms with Crippen LogP contribution in [0.25, 0.3) is 0 Å². The fourth-order valence-corrected chi connectivity index (χ4v) is 1.36. The molecule has 1 atom stereocenters. The van der Waals surface area contributed by atoms with E-state index >= 15 is 0 Å². The molecule has 12 heavy (non-hydrogen) atoms. The third-order valence-electron chi connectivity index (χ3n) is 2.15. The molecule has 0 spiro atoms. The second-order valence-electron chi connectivity index (χ2n) is 4.45. The molecule has 0 N–H and O–H groups in total. The zero-order chi connectivity index (χ0) is 9.61.